The van der Waals surface area contributed by atoms with E-state index in [0.717, 1.165) is 27.1 Å². The Kier molecular flexibility index (Phi) is 5.39. The van der Waals surface area contributed by atoms with Gasteiger partial charge in [0.1, 0.15) is 5.75 Å². The molecule has 0 atom stereocenters. The minimum absolute atomic E-state index is 0.183. The van der Waals surface area contributed by atoms with Crippen LogP contribution >= 0.6 is 11.3 Å². The summed E-state index contributed by atoms with van der Waals surface area (Å²) in [6, 6.07) is 25.4. The van der Waals surface area contributed by atoms with Crippen molar-refractivity contribution in [2.75, 3.05) is 7.11 Å². The molecule has 0 fully saturated rings. The topological polar surface area (TPSA) is 72.3 Å². The van der Waals surface area contributed by atoms with Crippen LogP contribution in [-0.2, 0) is 6.54 Å². The lowest BCUT2D eigenvalue weighted by molar-refractivity contribution is 0.414. The summed E-state index contributed by atoms with van der Waals surface area (Å²) in [6.45, 7) is 0.442. The van der Waals surface area contributed by atoms with E-state index in [1.54, 1.807) is 13.3 Å². The Hall–Kier alpha value is -3.97. The number of para-hydroxylation sites is 1. The largest absolute Gasteiger partial charge is 0.497 e. The van der Waals surface area contributed by atoms with Crippen LogP contribution in [0.5, 0.6) is 5.75 Å². The number of hydrogen-bond donors (Lipinski definition) is 1. The lowest BCUT2D eigenvalue weighted by Crippen LogP contribution is -2.17. The number of methoxy groups -OCH3 is 1. The van der Waals surface area contributed by atoms with Gasteiger partial charge in [-0.25, -0.2) is 4.98 Å². The van der Waals surface area contributed by atoms with Crippen molar-refractivity contribution in [3.8, 4) is 22.1 Å². The minimum atomic E-state index is -0.183. The number of aromatic amines is 1. The molecule has 7 heteroatoms. The molecule has 6 nitrogen and oxygen atoms in total. The Morgan fingerprint density at radius 1 is 1.06 bits per heavy atom. The number of fused-ring (bicyclic) bond motifs is 1. The van der Waals surface area contributed by atoms with E-state index in [1.165, 1.54) is 16.0 Å². The summed E-state index contributed by atoms with van der Waals surface area (Å²) >= 11 is 1.47. The van der Waals surface area contributed by atoms with Crippen LogP contribution in [0.15, 0.2) is 88.6 Å². The van der Waals surface area contributed by atoms with Crippen LogP contribution in [0.1, 0.15) is 11.1 Å². The molecule has 0 aliphatic heterocycles. The van der Waals surface area contributed by atoms with Gasteiger partial charge in [-0.05, 0) is 29.8 Å². The molecule has 0 saturated carbocycles. The third-order valence-corrected chi connectivity index (χ3v) is 6.11. The van der Waals surface area contributed by atoms with E-state index in [4.69, 9.17) is 4.74 Å². The van der Waals surface area contributed by atoms with Crippen molar-refractivity contribution in [2.45, 2.75) is 6.54 Å². The average molecular weight is 441 g/mol. The third kappa shape index (κ3) is 3.86. The van der Waals surface area contributed by atoms with E-state index in [9.17, 15) is 4.79 Å². The SMILES string of the molecule is COc1cccc(CN=Cc2c(-c3ccccc3)[nH]n(-c3nc4ccccc4s3)c2=O)c1. The number of hydrogen-bond acceptors (Lipinski definition) is 5. The fraction of sp³-hybridized carbons (Fsp3) is 0.0800. The predicted octanol–water partition coefficient (Wildman–Crippen LogP) is 5.07. The van der Waals surface area contributed by atoms with Crippen molar-refractivity contribution in [1.82, 2.24) is 14.8 Å². The Balaban J connectivity index is 1.56. The second-order valence-corrected chi connectivity index (χ2v) is 8.20. The van der Waals surface area contributed by atoms with Gasteiger partial charge in [-0.3, -0.25) is 14.9 Å². The first-order chi connectivity index (χ1) is 15.7. The molecule has 1 N–H and O–H groups in total. The quantitative estimate of drug-likeness (QED) is 0.375. The summed E-state index contributed by atoms with van der Waals surface area (Å²) in [6.07, 6.45) is 1.64. The van der Waals surface area contributed by atoms with Gasteiger partial charge in [0.2, 0.25) is 5.13 Å². The number of H-pyrrole nitrogens is 1. The van der Waals surface area contributed by atoms with E-state index >= 15 is 0 Å². The molecule has 5 aromatic rings. The fourth-order valence-corrected chi connectivity index (χ4v) is 4.42. The fourth-order valence-electron chi connectivity index (χ4n) is 3.50. The summed E-state index contributed by atoms with van der Waals surface area (Å²) in [4.78, 5) is 22.6. The zero-order valence-electron chi connectivity index (χ0n) is 17.4. The number of thiazole rings is 1. The first kappa shape index (κ1) is 20.0. The first-order valence-corrected chi connectivity index (χ1v) is 10.9. The van der Waals surface area contributed by atoms with Gasteiger partial charge < -0.3 is 4.74 Å². The Morgan fingerprint density at radius 3 is 2.69 bits per heavy atom. The van der Waals surface area contributed by atoms with Gasteiger partial charge >= 0.3 is 0 Å². The monoisotopic (exact) mass is 440 g/mol. The van der Waals surface area contributed by atoms with Crippen LogP contribution < -0.4 is 10.3 Å². The van der Waals surface area contributed by atoms with Gasteiger partial charge in [0.25, 0.3) is 5.56 Å². The number of benzene rings is 3. The van der Waals surface area contributed by atoms with Crippen LogP contribution in [0.3, 0.4) is 0 Å². The van der Waals surface area contributed by atoms with E-state index in [2.05, 4.69) is 15.1 Å². The van der Waals surface area contributed by atoms with Gasteiger partial charge in [-0.15, -0.1) is 0 Å². The number of aromatic nitrogens is 3. The molecule has 158 valence electrons. The zero-order chi connectivity index (χ0) is 21.9. The average Bonchev–Trinajstić information content (AvgIpc) is 3.41. The summed E-state index contributed by atoms with van der Waals surface area (Å²) in [5, 5.41) is 3.85. The maximum absolute atomic E-state index is 13.4. The van der Waals surface area contributed by atoms with Crippen molar-refractivity contribution >= 4 is 27.8 Å². The van der Waals surface area contributed by atoms with E-state index < -0.39 is 0 Å². The van der Waals surface area contributed by atoms with Crippen LogP contribution in [-0.4, -0.2) is 28.1 Å². The molecular weight excluding hydrogens is 420 g/mol. The molecule has 3 aromatic carbocycles. The Bertz CT molecular complexity index is 1430. The molecule has 0 spiro atoms. The molecule has 0 unspecified atom stereocenters. The summed E-state index contributed by atoms with van der Waals surface area (Å²) < 4.78 is 7.80. The maximum atomic E-state index is 13.4. The van der Waals surface area contributed by atoms with Gasteiger partial charge in [0, 0.05) is 11.8 Å². The first-order valence-electron chi connectivity index (χ1n) is 10.1. The van der Waals surface area contributed by atoms with Crippen molar-refractivity contribution in [2.24, 2.45) is 4.99 Å². The molecule has 32 heavy (non-hydrogen) atoms. The van der Waals surface area contributed by atoms with Crippen LogP contribution in [0, 0.1) is 0 Å². The molecule has 0 saturated heterocycles. The van der Waals surface area contributed by atoms with E-state index in [1.807, 2.05) is 78.9 Å². The lowest BCUT2D eigenvalue weighted by atomic mass is 10.1. The van der Waals surface area contributed by atoms with E-state index in [0.29, 0.717) is 22.9 Å². The zero-order valence-corrected chi connectivity index (χ0v) is 18.2. The van der Waals surface area contributed by atoms with Crippen molar-refractivity contribution < 1.29 is 4.74 Å². The highest BCUT2D eigenvalue weighted by Crippen LogP contribution is 2.25. The molecule has 5 rings (SSSR count). The second kappa shape index (κ2) is 8.64. The maximum Gasteiger partial charge on any atom is 0.282 e. The lowest BCUT2D eigenvalue weighted by Gasteiger charge is -2.01. The molecule has 2 aromatic heterocycles. The number of aliphatic imine (C=N–C) groups is 1. The number of ether oxygens (including phenoxy) is 1. The number of rotatable bonds is 6. The normalized spacial score (nSPS) is 11.4. The summed E-state index contributed by atoms with van der Waals surface area (Å²) in [5.74, 6) is 0.780. The molecule has 0 amide bonds. The van der Waals surface area contributed by atoms with Crippen molar-refractivity contribution in [3.63, 3.8) is 0 Å². The third-order valence-electron chi connectivity index (χ3n) is 5.09. The molecule has 0 aliphatic carbocycles. The molecule has 2 heterocycles. The van der Waals surface area contributed by atoms with Crippen LogP contribution in [0.2, 0.25) is 0 Å². The van der Waals surface area contributed by atoms with Crippen molar-refractivity contribution in [3.05, 3.63) is 100 Å². The highest BCUT2D eigenvalue weighted by molar-refractivity contribution is 7.20. The van der Waals surface area contributed by atoms with E-state index in [-0.39, 0.29) is 5.56 Å². The van der Waals surface area contributed by atoms with Gasteiger partial charge in [0.05, 0.1) is 35.1 Å². The number of nitrogens with one attached hydrogen (secondary N) is 1. The molecule has 0 radical (unpaired) electrons. The Labute approximate surface area is 188 Å². The Morgan fingerprint density at radius 2 is 1.88 bits per heavy atom. The summed E-state index contributed by atoms with van der Waals surface area (Å²) in [5.41, 5.74) is 3.81. The molecular formula is C25H20N4O2S. The molecule has 0 bridgehead atoms. The smallest absolute Gasteiger partial charge is 0.282 e. The minimum Gasteiger partial charge on any atom is -0.497 e. The number of nitrogens with zero attached hydrogens (tertiary/aromatic N) is 3. The van der Waals surface area contributed by atoms with Gasteiger partial charge in [-0.1, -0.05) is 65.9 Å². The van der Waals surface area contributed by atoms with Crippen molar-refractivity contribution in [1.29, 1.82) is 0 Å². The van der Waals surface area contributed by atoms with Crippen LogP contribution in [0.4, 0.5) is 0 Å². The highest BCUT2D eigenvalue weighted by Gasteiger charge is 2.17. The van der Waals surface area contributed by atoms with Gasteiger partial charge in [-0.2, -0.15) is 4.68 Å². The molecule has 0 aliphatic rings. The highest BCUT2D eigenvalue weighted by atomic mass is 32.1. The predicted molar refractivity (Wildman–Crippen MR) is 129 cm³/mol. The standard InChI is InChI=1S/C25H20N4O2S/c1-31-19-11-7-8-17(14-19)15-26-16-20-23(18-9-3-2-4-10-18)28-29(24(20)30)25-27-21-12-5-6-13-22(21)32-25/h2-14,16,28H,15H2,1H3. The van der Waals surface area contributed by atoms with Gasteiger partial charge in [0.15, 0.2) is 0 Å². The summed E-state index contributed by atoms with van der Waals surface area (Å²) in [7, 11) is 1.64. The van der Waals surface area contributed by atoms with Crippen LogP contribution in [0.25, 0.3) is 26.6 Å². The second-order valence-electron chi connectivity index (χ2n) is 7.19.